The van der Waals surface area contributed by atoms with Crippen molar-refractivity contribution in [1.82, 2.24) is 10.2 Å². The molecule has 1 unspecified atom stereocenters. The van der Waals surface area contributed by atoms with Crippen LogP contribution in [-0.4, -0.2) is 29.3 Å². The minimum atomic E-state index is -1.80. The van der Waals surface area contributed by atoms with E-state index in [1.807, 2.05) is 0 Å². The summed E-state index contributed by atoms with van der Waals surface area (Å²) in [5, 5.41) is 4.89. The molecule has 1 atom stereocenters. The van der Waals surface area contributed by atoms with Gasteiger partial charge in [-0.15, -0.1) is 0 Å². The second kappa shape index (κ2) is 6.55. The Morgan fingerprint density at radius 3 is 2.54 bits per heavy atom. The Labute approximate surface area is 147 Å². The Hall–Kier alpha value is -3.29. The minimum Gasteiger partial charge on any atom is -0.325 e. The summed E-state index contributed by atoms with van der Waals surface area (Å²) in [6, 6.07) is 10.3. The van der Waals surface area contributed by atoms with Gasteiger partial charge < -0.3 is 10.6 Å². The fourth-order valence-corrected chi connectivity index (χ4v) is 2.77. The summed E-state index contributed by atoms with van der Waals surface area (Å²) in [4.78, 5) is 37.6. The molecule has 134 valence electrons. The van der Waals surface area contributed by atoms with Crippen molar-refractivity contribution < 1.29 is 23.2 Å². The van der Waals surface area contributed by atoms with Gasteiger partial charge in [0.15, 0.2) is 0 Å². The van der Waals surface area contributed by atoms with Crippen LogP contribution >= 0.6 is 0 Å². The van der Waals surface area contributed by atoms with Crippen LogP contribution in [0.5, 0.6) is 0 Å². The largest absolute Gasteiger partial charge is 0.325 e. The smallest absolute Gasteiger partial charge is 0.325 e. The van der Waals surface area contributed by atoms with Crippen LogP contribution < -0.4 is 10.6 Å². The highest BCUT2D eigenvalue weighted by Crippen LogP contribution is 2.31. The van der Waals surface area contributed by atoms with Crippen molar-refractivity contribution in [2.24, 2.45) is 0 Å². The van der Waals surface area contributed by atoms with E-state index in [9.17, 15) is 23.2 Å². The number of benzene rings is 2. The third-order valence-electron chi connectivity index (χ3n) is 4.10. The molecule has 2 aromatic rings. The summed E-state index contributed by atoms with van der Waals surface area (Å²) in [6.45, 7) is 0.715. The number of carbonyl (C=O) groups is 3. The monoisotopic (exact) mass is 359 g/mol. The number of rotatable bonds is 4. The number of halogens is 2. The van der Waals surface area contributed by atoms with Gasteiger partial charge in [0.1, 0.15) is 23.7 Å². The molecule has 1 saturated heterocycles. The third-order valence-corrected chi connectivity index (χ3v) is 4.10. The molecule has 0 spiro atoms. The maximum Gasteiger partial charge on any atom is 0.325 e. The maximum absolute atomic E-state index is 14.1. The van der Waals surface area contributed by atoms with Gasteiger partial charge in [-0.3, -0.25) is 14.5 Å². The number of nitrogens with zero attached hydrogens (tertiary/aromatic N) is 1. The number of anilines is 1. The van der Waals surface area contributed by atoms with Crippen LogP contribution in [0, 0.1) is 11.6 Å². The molecule has 3 rings (SSSR count). The van der Waals surface area contributed by atoms with Crippen molar-refractivity contribution in [2.45, 2.75) is 12.5 Å². The van der Waals surface area contributed by atoms with Crippen LogP contribution in [0.1, 0.15) is 12.5 Å². The Bertz CT molecular complexity index is 889. The van der Waals surface area contributed by atoms with Gasteiger partial charge in [-0.1, -0.05) is 18.2 Å². The molecule has 1 heterocycles. The first kappa shape index (κ1) is 17.5. The zero-order valence-corrected chi connectivity index (χ0v) is 13.8. The first-order valence-electron chi connectivity index (χ1n) is 7.76. The van der Waals surface area contributed by atoms with Crippen LogP contribution in [0.15, 0.2) is 48.5 Å². The summed E-state index contributed by atoms with van der Waals surface area (Å²) >= 11 is 0. The lowest BCUT2D eigenvalue weighted by atomic mass is 9.91. The molecular weight excluding hydrogens is 344 g/mol. The van der Waals surface area contributed by atoms with E-state index in [-0.39, 0.29) is 5.56 Å². The highest BCUT2D eigenvalue weighted by molar-refractivity contribution is 6.10. The molecular formula is C18H15F2N3O3. The Kier molecular flexibility index (Phi) is 4.41. The van der Waals surface area contributed by atoms with Gasteiger partial charge in [0.05, 0.1) is 0 Å². The van der Waals surface area contributed by atoms with Crippen LogP contribution in [0.3, 0.4) is 0 Å². The quantitative estimate of drug-likeness (QED) is 0.823. The molecule has 0 bridgehead atoms. The summed E-state index contributed by atoms with van der Waals surface area (Å²) < 4.78 is 27.6. The van der Waals surface area contributed by atoms with Crippen molar-refractivity contribution >= 4 is 23.5 Å². The predicted molar refractivity (Wildman–Crippen MR) is 89.0 cm³/mol. The molecule has 1 fully saturated rings. The van der Waals surface area contributed by atoms with E-state index in [0.29, 0.717) is 10.6 Å². The van der Waals surface area contributed by atoms with Crippen molar-refractivity contribution in [2.75, 3.05) is 11.9 Å². The molecule has 4 amide bonds. The van der Waals surface area contributed by atoms with E-state index >= 15 is 0 Å². The SMILES string of the molecule is CC1(c2cc(F)ccc2F)NC(=O)N(CC(=O)Nc2ccccc2)C1=O. The van der Waals surface area contributed by atoms with Gasteiger partial charge in [0.25, 0.3) is 5.91 Å². The molecule has 1 aliphatic rings. The van der Waals surface area contributed by atoms with Gasteiger partial charge >= 0.3 is 6.03 Å². The lowest BCUT2D eigenvalue weighted by molar-refractivity contribution is -0.133. The van der Waals surface area contributed by atoms with E-state index in [4.69, 9.17) is 0 Å². The number of hydrogen-bond acceptors (Lipinski definition) is 3. The van der Waals surface area contributed by atoms with Crippen molar-refractivity contribution in [3.05, 3.63) is 65.7 Å². The summed E-state index contributed by atoms with van der Waals surface area (Å²) in [5.41, 5.74) is -1.60. The summed E-state index contributed by atoms with van der Waals surface area (Å²) in [6.07, 6.45) is 0. The topological polar surface area (TPSA) is 78.5 Å². The highest BCUT2D eigenvalue weighted by Gasteiger charge is 2.50. The lowest BCUT2D eigenvalue weighted by Gasteiger charge is -2.22. The normalized spacial score (nSPS) is 19.4. The van der Waals surface area contributed by atoms with Crippen molar-refractivity contribution in [3.63, 3.8) is 0 Å². The Morgan fingerprint density at radius 1 is 1.15 bits per heavy atom. The zero-order valence-electron chi connectivity index (χ0n) is 13.8. The van der Waals surface area contributed by atoms with Crippen LogP contribution in [-0.2, 0) is 15.1 Å². The number of carbonyl (C=O) groups excluding carboxylic acids is 3. The molecule has 1 aliphatic heterocycles. The van der Waals surface area contributed by atoms with E-state index in [1.165, 1.54) is 6.92 Å². The van der Waals surface area contributed by atoms with E-state index in [0.717, 1.165) is 18.2 Å². The maximum atomic E-state index is 14.1. The number of nitrogens with one attached hydrogen (secondary N) is 2. The Morgan fingerprint density at radius 2 is 1.85 bits per heavy atom. The fourth-order valence-electron chi connectivity index (χ4n) is 2.77. The standard InChI is InChI=1S/C18H15F2N3O3/c1-18(13-9-11(19)7-8-14(13)20)16(25)23(17(26)22-18)10-15(24)21-12-5-3-2-4-6-12/h2-9H,10H2,1H3,(H,21,24)(H,22,26). The molecule has 0 aliphatic carbocycles. The minimum absolute atomic E-state index is 0.304. The summed E-state index contributed by atoms with van der Waals surface area (Å²) in [7, 11) is 0. The first-order valence-corrected chi connectivity index (χ1v) is 7.76. The molecule has 0 aromatic heterocycles. The molecule has 0 saturated carbocycles. The van der Waals surface area contributed by atoms with Gasteiger partial charge in [0.2, 0.25) is 5.91 Å². The molecule has 6 nitrogen and oxygen atoms in total. The highest BCUT2D eigenvalue weighted by atomic mass is 19.1. The number of para-hydroxylation sites is 1. The van der Waals surface area contributed by atoms with Crippen LogP contribution in [0.4, 0.5) is 19.3 Å². The predicted octanol–water partition coefficient (Wildman–Crippen LogP) is 2.37. The second-order valence-corrected chi connectivity index (χ2v) is 5.98. The molecule has 26 heavy (non-hydrogen) atoms. The second-order valence-electron chi connectivity index (χ2n) is 5.98. The molecule has 2 N–H and O–H groups in total. The van der Waals surface area contributed by atoms with E-state index < -0.39 is 41.6 Å². The Balaban J connectivity index is 1.80. The average Bonchev–Trinajstić information content (AvgIpc) is 2.82. The average molecular weight is 359 g/mol. The number of urea groups is 1. The first-order chi connectivity index (χ1) is 12.3. The zero-order chi connectivity index (χ0) is 18.9. The number of hydrogen-bond donors (Lipinski definition) is 2. The fraction of sp³-hybridized carbons (Fsp3) is 0.167. The lowest BCUT2D eigenvalue weighted by Crippen LogP contribution is -2.42. The van der Waals surface area contributed by atoms with E-state index in [1.54, 1.807) is 30.3 Å². The van der Waals surface area contributed by atoms with Gasteiger partial charge in [0, 0.05) is 11.3 Å². The molecule has 8 heteroatoms. The van der Waals surface area contributed by atoms with E-state index in [2.05, 4.69) is 10.6 Å². The van der Waals surface area contributed by atoms with Crippen LogP contribution in [0.2, 0.25) is 0 Å². The van der Waals surface area contributed by atoms with Gasteiger partial charge in [-0.25, -0.2) is 13.6 Å². The summed E-state index contributed by atoms with van der Waals surface area (Å²) in [5.74, 6) is -3.01. The van der Waals surface area contributed by atoms with Crippen molar-refractivity contribution in [1.29, 1.82) is 0 Å². The number of amides is 4. The number of imide groups is 1. The van der Waals surface area contributed by atoms with Crippen LogP contribution in [0.25, 0.3) is 0 Å². The molecule has 2 aromatic carbocycles. The van der Waals surface area contributed by atoms with Gasteiger partial charge in [-0.05, 0) is 37.3 Å². The molecule has 0 radical (unpaired) electrons. The van der Waals surface area contributed by atoms with Gasteiger partial charge in [-0.2, -0.15) is 0 Å². The third kappa shape index (κ3) is 3.13. The van der Waals surface area contributed by atoms with Crippen molar-refractivity contribution in [3.8, 4) is 0 Å².